The number of nitrogens with two attached hydrogens (primary N) is 4. The minimum Gasteiger partial charge on any atom is -0.508 e. The number of hydrogen-bond acceptors (Lipinski definition) is 12. The minimum atomic E-state index is -0.713. The lowest BCUT2D eigenvalue weighted by molar-refractivity contribution is -0.138. The number of carboxylic acids is 2. The highest BCUT2D eigenvalue weighted by atomic mass is 32.2. The van der Waals surface area contributed by atoms with Crippen LogP contribution in [0.1, 0.15) is 443 Å². The van der Waals surface area contributed by atoms with Gasteiger partial charge in [0.1, 0.15) is 5.75 Å². The van der Waals surface area contributed by atoms with Gasteiger partial charge in [0.05, 0.1) is 11.9 Å². The molecule has 138 heavy (non-hydrogen) atoms. The topological polar surface area (TPSA) is 298 Å². The van der Waals surface area contributed by atoms with E-state index < -0.39 is 11.9 Å². The number of phenolic OH excluding ortho intramolecular Hbond substituents is 1. The summed E-state index contributed by atoms with van der Waals surface area (Å²) in [5.74, 6) is 16.4. The summed E-state index contributed by atoms with van der Waals surface area (Å²) < 4.78 is 0. The molecule has 0 bridgehead atoms. The van der Waals surface area contributed by atoms with Crippen molar-refractivity contribution in [1.29, 1.82) is 0 Å². The zero-order valence-electron chi connectivity index (χ0n) is 99.5. The van der Waals surface area contributed by atoms with Crippen LogP contribution in [0.5, 0.6) is 5.75 Å². The Morgan fingerprint density at radius 3 is 1.07 bits per heavy atom. The Labute approximate surface area is 870 Å². The molecule has 1 aliphatic carbocycles. The third kappa shape index (κ3) is 176. The number of fused-ring (bicyclic) bond motifs is 1. The molecule has 0 saturated heterocycles. The van der Waals surface area contributed by atoms with Crippen LogP contribution in [0.15, 0.2) is 107 Å². The standard InChI is InChI=1S/C13H16.C10H14O.C10H14.C8H18N2.C8H13N.C7H17N.2C7H16.C6H13NO.C6H12O2.C6H14S.C6H14.C5H11NO.C5H10O2.C5H12O.C4H10O.C4H10S.C4H10/c1-10(2)9-12-8-7-11-5-3-4-6-13(11)12;1-8(2)7-9-3-5-10(11)6-4-9;1-9(2)8-10-6-4-3-5-7-10;1-7(2)5-4-6-10-8(3)9;1-7(2)6-8-4-3-5-9-8;1-7(2)5-3-4-6-8;1-6(2)5-7(3)4;1-5-7(4)6(2)3;2*1-5(2)3-4-6(7)8;1-6(2)4-5-7-3;1-5(2)6(3)4;2*1-4(2)3-5(6)7;1-4(2)5(3)6;2*1-4(2)3-5;1-4(2)3/h3-6,8,10H,7,9H2,1-2H3;3-6,8,11H,7H2,1-2H3;3-7,9H,8H2,1-2H3;7H,4-6H2,1-3H3,(H2,9,10);4-5,7H,3,6H2,1-2H3;7H,3-6,8H2,1-2H3;2*6-7H,5H2,1-4H3;5H,3-4H2,1-2H3,(H2,7,8);5H,3-4H2,1-2H3,(H,7,8);6H,4-5H2,1-3H3;5-6H,1-4H3;4H,3H2,1-2H3,(H2,6,7);4H,3H2,1-2H3,(H,6,7);4-6H,1-3H3;2*4-5H,3H2,1-2H3;4H,1-3H3. The second kappa shape index (κ2) is 113. The van der Waals surface area contributed by atoms with Gasteiger partial charge in [-0.2, -0.15) is 24.4 Å². The van der Waals surface area contributed by atoms with Crippen LogP contribution in [0.25, 0.3) is 5.57 Å². The molecule has 820 valence electrons. The van der Waals surface area contributed by atoms with E-state index in [1.165, 1.54) is 91.5 Å². The molecule has 2 atom stereocenters. The van der Waals surface area contributed by atoms with Crippen LogP contribution >= 0.6 is 24.4 Å². The number of unbranched alkanes of at least 4 members (excludes halogenated alkanes) is 1. The number of aliphatic hydroxyl groups is 2. The average molecular weight is 1990 g/mol. The molecule has 3 aromatic rings. The van der Waals surface area contributed by atoms with Crippen LogP contribution in [0.3, 0.4) is 0 Å². The number of aliphatic imine (C=N–C) groups is 2. The fourth-order valence-corrected chi connectivity index (χ4v) is 10.7. The van der Waals surface area contributed by atoms with Crippen LogP contribution in [0.2, 0.25) is 0 Å². The highest BCUT2D eigenvalue weighted by Crippen LogP contribution is 2.32. The van der Waals surface area contributed by atoms with Crippen molar-refractivity contribution >= 4 is 65.8 Å². The molecular formula is C121H240N6O9S2. The number of carbonyl (C=O) groups is 4. The van der Waals surface area contributed by atoms with Gasteiger partial charge in [0.2, 0.25) is 11.8 Å². The molecule has 0 fully saturated rings. The number of rotatable bonds is 37. The van der Waals surface area contributed by atoms with Crippen molar-refractivity contribution in [1.82, 2.24) is 0 Å². The molecule has 2 unspecified atom stereocenters. The number of thiol groups is 1. The van der Waals surface area contributed by atoms with Gasteiger partial charge in [-0.3, -0.25) is 29.2 Å². The van der Waals surface area contributed by atoms with Crippen LogP contribution < -0.4 is 22.9 Å². The van der Waals surface area contributed by atoms with Gasteiger partial charge in [0.25, 0.3) is 0 Å². The number of allylic oxidation sites excluding steroid dienone is 4. The number of nitrogens with zero attached hydrogens (tertiary/aromatic N) is 2. The molecule has 1 aliphatic heterocycles. The van der Waals surface area contributed by atoms with Crippen molar-refractivity contribution in [3.05, 3.63) is 119 Å². The summed E-state index contributed by atoms with van der Waals surface area (Å²) in [6.45, 7) is 98.7. The van der Waals surface area contributed by atoms with Crippen molar-refractivity contribution in [2.75, 3.05) is 37.5 Å². The lowest BCUT2D eigenvalue weighted by Gasteiger charge is -2.10. The maximum atomic E-state index is 10.1. The monoisotopic (exact) mass is 1990 g/mol. The van der Waals surface area contributed by atoms with Crippen LogP contribution in [0, 0.1) is 124 Å². The molecule has 0 spiro atoms. The largest absolute Gasteiger partial charge is 0.508 e. The second-order valence-corrected chi connectivity index (χ2v) is 46.4. The highest BCUT2D eigenvalue weighted by Gasteiger charge is 2.14. The first-order chi connectivity index (χ1) is 63.6. The SMILES string of the molecule is CC(C)C.CC(C)C(C)C.CC(C)C(C)O.CC(C)CC(=O)O.CC(C)CC(C)C.CC(C)CC(N)=O.CC(C)CC1=CCC=N1.CC(C)CC1=CCc2ccccc21.CC(C)CCC(=O)O.CC(C)CCC(N)=O.CC(C)CCCCN.CC(C)CO.CC(C)CS.CC(C)Cc1ccc(O)cc1.CC(C)Cc1ccccc1.CC(N)=NCCCC(C)C.CCC(C)C(C)C.CSCCC(C)C. The number of carbonyl (C=O) groups excluding carboxylic acids is 2. The first-order valence-corrected chi connectivity index (χ1v) is 55.8. The van der Waals surface area contributed by atoms with E-state index in [0.717, 1.165) is 147 Å². The number of aliphatic carboxylic acids is 2. The fraction of sp³-hybridized carbons (Fsp3) is 0.769. The number of aliphatic hydroxyl groups excluding tert-OH is 2. The maximum Gasteiger partial charge on any atom is 0.303 e. The van der Waals surface area contributed by atoms with E-state index in [1.54, 1.807) is 24.6 Å². The van der Waals surface area contributed by atoms with Gasteiger partial charge in [0, 0.05) is 57.2 Å². The number of carboxylic acid groups (broad SMARTS) is 2. The van der Waals surface area contributed by atoms with Crippen molar-refractivity contribution in [3.8, 4) is 5.75 Å². The van der Waals surface area contributed by atoms with E-state index >= 15 is 0 Å². The van der Waals surface area contributed by atoms with Gasteiger partial charge >= 0.3 is 11.9 Å². The van der Waals surface area contributed by atoms with E-state index in [2.05, 4.69) is 324 Å². The third-order valence-electron chi connectivity index (χ3n) is 19.2. The molecule has 0 saturated carbocycles. The Morgan fingerprint density at radius 1 is 0.442 bits per heavy atom. The Morgan fingerprint density at radius 2 is 0.833 bits per heavy atom. The molecule has 1 heterocycles. The van der Waals surface area contributed by atoms with E-state index in [1.807, 2.05) is 106 Å². The van der Waals surface area contributed by atoms with Crippen molar-refractivity contribution in [3.63, 3.8) is 0 Å². The molecule has 0 radical (unpaired) electrons. The first kappa shape index (κ1) is 160. The zero-order chi connectivity index (χ0) is 111. The quantitative estimate of drug-likeness (QED) is 0.0112. The minimum absolute atomic E-state index is 0.148. The number of thioether (sulfide) groups is 1. The highest BCUT2D eigenvalue weighted by molar-refractivity contribution is 7.98. The maximum absolute atomic E-state index is 10.1. The molecule has 17 heteroatoms. The average Bonchev–Trinajstić information content (AvgIpc) is 1.69. The number of phenols is 1. The summed E-state index contributed by atoms with van der Waals surface area (Å²) in [6.07, 6.45) is 28.9. The molecule has 15 nitrogen and oxygen atoms in total. The van der Waals surface area contributed by atoms with E-state index in [4.69, 9.17) is 48.5 Å². The van der Waals surface area contributed by atoms with Gasteiger partial charge in [-0.15, -0.1) is 0 Å². The van der Waals surface area contributed by atoms with Crippen molar-refractivity contribution < 1.29 is 44.7 Å². The number of amides is 2. The van der Waals surface area contributed by atoms with Gasteiger partial charge < -0.3 is 48.5 Å². The predicted octanol–water partition coefficient (Wildman–Crippen LogP) is 34.1. The lowest BCUT2D eigenvalue weighted by atomic mass is 9.96. The predicted molar refractivity (Wildman–Crippen MR) is 628 cm³/mol. The molecular weight excluding hydrogens is 1750 g/mol. The Bertz CT molecular complexity index is 3040. The number of hydrogen-bond donors (Lipinski definition) is 10. The summed E-state index contributed by atoms with van der Waals surface area (Å²) in [5.41, 5.74) is 29.0. The molecule has 2 aliphatic rings. The Hall–Kier alpha value is -5.46. The summed E-state index contributed by atoms with van der Waals surface area (Å²) in [5, 5.41) is 42.0. The van der Waals surface area contributed by atoms with Crippen LogP contribution in [0.4, 0.5) is 0 Å². The van der Waals surface area contributed by atoms with Gasteiger partial charge in [0.15, 0.2) is 0 Å². The molecule has 0 aromatic heterocycles. The molecule has 5 rings (SSSR count). The first-order valence-electron chi connectivity index (χ1n) is 53.7. The van der Waals surface area contributed by atoms with Crippen molar-refractivity contribution in [2.45, 2.75) is 446 Å². The number of primary amides is 2. The summed E-state index contributed by atoms with van der Waals surface area (Å²) in [7, 11) is 0. The van der Waals surface area contributed by atoms with Crippen LogP contribution in [-0.2, 0) is 38.4 Å². The normalized spacial score (nSPS) is 11.7. The molecule has 13 N–H and O–H groups in total. The summed E-state index contributed by atoms with van der Waals surface area (Å²) in [4.78, 5) is 48.2. The number of aromatic hydroxyl groups is 1. The Kier molecular flexibility index (Phi) is 132. The number of benzene rings is 3. The summed E-state index contributed by atoms with van der Waals surface area (Å²) in [6, 6.07) is 26.8. The van der Waals surface area contributed by atoms with Crippen LogP contribution in [-0.4, -0.2) is 105 Å². The van der Waals surface area contributed by atoms with Crippen molar-refractivity contribution in [2.24, 2.45) is 157 Å². The molecule has 3 aromatic carbocycles. The lowest BCUT2D eigenvalue weighted by Crippen LogP contribution is -2.12. The van der Waals surface area contributed by atoms with Gasteiger partial charge in [-0.25, -0.2) is 0 Å². The molecule has 2 amide bonds. The zero-order valence-corrected chi connectivity index (χ0v) is 101. The van der Waals surface area contributed by atoms with E-state index in [9.17, 15) is 19.2 Å². The van der Waals surface area contributed by atoms with Gasteiger partial charge in [-0.1, -0.05) is 396 Å². The summed E-state index contributed by atoms with van der Waals surface area (Å²) >= 11 is 5.95. The van der Waals surface area contributed by atoms with Gasteiger partial charge in [-0.05, 0) is 279 Å². The number of amidine groups is 1. The third-order valence-corrected chi connectivity index (χ3v) is 20.6. The van der Waals surface area contributed by atoms with E-state index in [0.29, 0.717) is 73.0 Å². The smallest absolute Gasteiger partial charge is 0.303 e. The Balaban J connectivity index is -0.000000110. The van der Waals surface area contributed by atoms with E-state index in [-0.39, 0.29) is 30.3 Å². The second-order valence-electron chi connectivity index (χ2n) is 45.1. The fourth-order valence-electron chi connectivity index (χ4n) is 9.96.